The van der Waals surface area contributed by atoms with Crippen LogP contribution in [0.3, 0.4) is 0 Å². The summed E-state index contributed by atoms with van der Waals surface area (Å²) < 4.78 is 9.75. The molecule has 6 nitrogen and oxygen atoms in total. The van der Waals surface area contributed by atoms with Gasteiger partial charge in [-0.3, -0.25) is 4.79 Å². The zero-order valence-corrected chi connectivity index (χ0v) is 10.3. The van der Waals surface area contributed by atoms with Crippen molar-refractivity contribution in [1.29, 1.82) is 0 Å². The summed E-state index contributed by atoms with van der Waals surface area (Å²) in [5.41, 5.74) is -0.139. The molecular formula is C11H18N2O4. The first-order valence-electron chi connectivity index (χ1n) is 5.32. The summed E-state index contributed by atoms with van der Waals surface area (Å²) in [4.78, 5) is 11.7. The summed E-state index contributed by atoms with van der Waals surface area (Å²) in [6, 6.07) is 1.53. The van der Waals surface area contributed by atoms with Gasteiger partial charge in [-0.25, -0.2) is 0 Å². The van der Waals surface area contributed by atoms with Gasteiger partial charge in [0.25, 0.3) is 5.91 Å². The Balaban J connectivity index is 2.52. The third kappa shape index (κ3) is 4.16. The van der Waals surface area contributed by atoms with E-state index in [1.54, 1.807) is 0 Å². The van der Waals surface area contributed by atoms with Crippen LogP contribution in [0.15, 0.2) is 10.6 Å². The molecule has 6 heteroatoms. The lowest BCUT2D eigenvalue weighted by Gasteiger charge is -2.21. The molecule has 0 bridgehead atoms. The van der Waals surface area contributed by atoms with Crippen molar-refractivity contribution in [2.45, 2.75) is 20.5 Å². The van der Waals surface area contributed by atoms with Crippen molar-refractivity contribution in [3.05, 3.63) is 17.5 Å². The predicted octanol–water partition coefficient (Wildman–Crippen LogP) is 0.569. The molecule has 0 aliphatic carbocycles. The second kappa shape index (κ2) is 5.79. The summed E-state index contributed by atoms with van der Waals surface area (Å²) in [6.45, 7) is 4.36. The van der Waals surface area contributed by atoms with Crippen LogP contribution in [-0.2, 0) is 11.3 Å². The summed E-state index contributed by atoms with van der Waals surface area (Å²) in [7, 11) is 1.53. The van der Waals surface area contributed by atoms with Gasteiger partial charge in [0, 0.05) is 31.7 Å². The normalized spacial score (nSPS) is 11.5. The van der Waals surface area contributed by atoms with E-state index in [1.807, 2.05) is 13.8 Å². The minimum atomic E-state index is -0.352. The Morgan fingerprint density at radius 1 is 1.65 bits per heavy atom. The molecule has 0 fully saturated rings. The number of aliphatic hydroxyl groups is 1. The lowest BCUT2D eigenvalue weighted by molar-refractivity contribution is 0.0901. The summed E-state index contributed by atoms with van der Waals surface area (Å²) >= 11 is 0. The second-order valence-electron chi connectivity index (χ2n) is 4.62. The highest BCUT2D eigenvalue weighted by atomic mass is 16.5. The highest BCUT2D eigenvalue weighted by molar-refractivity contribution is 5.92. The van der Waals surface area contributed by atoms with E-state index in [4.69, 9.17) is 14.4 Å². The van der Waals surface area contributed by atoms with Gasteiger partial charge in [-0.15, -0.1) is 0 Å². The molecule has 17 heavy (non-hydrogen) atoms. The van der Waals surface area contributed by atoms with Crippen LogP contribution in [0.2, 0.25) is 0 Å². The molecule has 0 atom stereocenters. The molecule has 0 aliphatic rings. The number of hydrogen-bond donors (Lipinski definition) is 2. The maximum Gasteiger partial charge on any atom is 0.273 e. The number of aromatic nitrogens is 1. The zero-order chi connectivity index (χ0) is 12.9. The van der Waals surface area contributed by atoms with Crippen molar-refractivity contribution in [2.75, 3.05) is 20.3 Å². The highest BCUT2D eigenvalue weighted by Crippen LogP contribution is 2.12. The number of carbonyl (C=O) groups excluding carboxylic acids is 1. The van der Waals surface area contributed by atoms with Gasteiger partial charge in [0.1, 0.15) is 6.61 Å². The van der Waals surface area contributed by atoms with Crippen LogP contribution in [0.1, 0.15) is 30.1 Å². The van der Waals surface area contributed by atoms with Gasteiger partial charge in [-0.05, 0) is 0 Å². The average Bonchev–Trinajstić information content (AvgIpc) is 2.75. The third-order valence-corrected chi connectivity index (χ3v) is 2.23. The number of carbonyl (C=O) groups is 1. The van der Waals surface area contributed by atoms with Crippen molar-refractivity contribution >= 4 is 5.91 Å². The van der Waals surface area contributed by atoms with E-state index in [2.05, 4.69) is 10.5 Å². The fourth-order valence-corrected chi connectivity index (χ4v) is 1.10. The van der Waals surface area contributed by atoms with Crippen molar-refractivity contribution in [3.8, 4) is 0 Å². The van der Waals surface area contributed by atoms with E-state index in [-0.39, 0.29) is 30.2 Å². The van der Waals surface area contributed by atoms with E-state index in [0.717, 1.165) is 0 Å². The molecule has 1 rings (SSSR count). The largest absolute Gasteiger partial charge is 0.396 e. The van der Waals surface area contributed by atoms with Crippen molar-refractivity contribution in [2.24, 2.45) is 5.41 Å². The Morgan fingerprint density at radius 3 is 2.94 bits per heavy atom. The maximum absolute atomic E-state index is 11.7. The quantitative estimate of drug-likeness (QED) is 0.761. The fourth-order valence-electron chi connectivity index (χ4n) is 1.10. The molecule has 0 spiro atoms. The van der Waals surface area contributed by atoms with Crippen LogP contribution in [0, 0.1) is 5.41 Å². The summed E-state index contributed by atoms with van der Waals surface area (Å²) in [6.07, 6.45) is 0. The van der Waals surface area contributed by atoms with Gasteiger partial charge >= 0.3 is 0 Å². The predicted molar refractivity (Wildman–Crippen MR) is 60.4 cm³/mol. The molecule has 0 aliphatic heterocycles. The molecule has 1 heterocycles. The van der Waals surface area contributed by atoms with Crippen molar-refractivity contribution < 1.29 is 19.2 Å². The first-order chi connectivity index (χ1) is 7.98. The molecule has 1 aromatic heterocycles. The van der Waals surface area contributed by atoms with Gasteiger partial charge < -0.3 is 19.7 Å². The molecule has 0 unspecified atom stereocenters. The highest BCUT2D eigenvalue weighted by Gasteiger charge is 2.19. The van der Waals surface area contributed by atoms with Crippen LogP contribution in [0.5, 0.6) is 0 Å². The van der Waals surface area contributed by atoms with Gasteiger partial charge in [-0.2, -0.15) is 0 Å². The molecule has 2 N–H and O–H groups in total. The lowest BCUT2D eigenvalue weighted by atomic mass is 9.95. The first kappa shape index (κ1) is 13.7. The van der Waals surface area contributed by atoms with E-state index < -0.39 is 0 Å². The average molecular weight is 242 g/mol. The van der Waals surface area contributed by atoms with Crippen molar-refractivity contribution in [3.63, 3.8) is 0 Å². The zero-order valence-electron chi connectivity index (χ0n) is 10.3. The lowest BCUT2D eigenvalue weighted by Crippen LogP contribution is -2.36. The minimum Gasteiger partial charge on any atom is -0.396 e. The standard InChI is InChI=1S/C11H18N2O4/c1-11(2,7-14)6-12-10(15)9-4-8(5-16-3)17-13-9/h4,14H,5-7H2,1-3H3,(H,12,15). The Morgan fingerprint density at radius 2 is 2.35 bits per heavy atom. The van der Waals surface area contributed by atoms with Crippen LogP contribution in [0.25, 0.3) is 0 Å². The molecule has 96 valence electrons. The molecule has 0 radical (unpaired) electrons. The molecule has 0 aromatic carbocycles. The smallest absolute Gasteiger partial charge is 0.273 e. The number of hydrogen-bond acceptors (Lipinski definition) is 5. The second-order valence-corrected chi connectivity index (χ2v) is 4.62. The Hall–Kier alpha value is -1.40. The third-order valence-electron chi connectivity index (χ3n) is 2.23. The van der Waals surface area contributed by atoms with E-state index in [9.17, 15) is 4.79 Å². The minimum absolute atomic E-state index is 0.00101. The van der Waals surface area contributed by atoms with Gasteiger partial charge in [0.15, 0.2) is 11.5 Å². The SMILES string of the molecule is COCc1cc(C(=O)NCC(C)(C)CO)no1. The Bertz CT molecular complexity index is 373. The van der Waals surface area contributed by atoms with E-state index in [0.29, 0.717) is 12.3 Å². The van der Waals surface area contributed by atoms with Crippen LogP contribution >= 0.6 is 0 Å². The number of methoxy groups -OCH3 is 1. The molecule has 1 aromatic rings. The van der Waals surface area contributed by atoms with Gasteiger partial charge in [-0.1, -0.05) is 19.0 Å². The van der Waals surface area contributed by atoms with Crippen LogP contribution < -0.4 is 5.32 Å². The van der Waals surface area contributed by atoms with Crippen molar-refractivity contribution in [1.82, 2.24) is 10.5 Å². The van der Waals surface area contributed by atoms with E-state index in [1.165, 1.54) is 13.2 Å². The maximum atomic E-state index is 11.7. The van der Waals surface area contributed by atoms with Gasteiger partial charge in [0.05, 0.1) is 0 Å². The summed E-state index contributed by atoms with van der Waals surface area (Å²) in [5, 5.41) is 15.4. The molecule has 0 saturated carbocycles. The number of nitrogens with one attached hydrogen (secondary N) is 1. The summed E-state index contributed by atoms with van der Waals surface area (Å²) in [5.74, 6) is 0.177. The molecular weight excluding hydrogens is 224 g/mol. The molecule has 1 amide bonds. The van der Waals surface area contributed by atoms with Gasteiger partial charge in [0.2, 0.25) is 0 Å². The monoisotopic (exact) mass is 242 g/mol. The Kier molecular flexibility index (Phi) is 4.65. The first-order valence-corrected chi connectivity index (χ1v) is 5.32. The number of amides is 1. The van der Waals surface area contributed by atoms with Crippen LogP contribution in [-0.4, -0.2) is 36.4 Å². The van der Waals surface area contributed by atoms with Crippen LogP contribution in [0.4, 0.5) is 0 Å². The number of aliphatic hydroxyl groups excluding tert-OH is 1. The molecule has 0 saturated heterocycles. The topological polar surface area (TPSA) is 84.6 Å². The number of nitrogens with zero attached hydrogens (tertiary/aromatic N) is 1. The Labute approximate surface area is 99.9 Å². The fraction of sp³-hybridized carbons (Fsp3) is 0.636. The number of ether oxygens (including phenoxy) is 1. The number of rotatable bonds is 6. The van der Waals surface area contributed by atoms with E-state index >= 15 is 0 Å².